The highest BCUT2D eigenvalue weighted by molar-refractivity contribution is 5.86. The second-order valence-electron chi connectivity index (χ2n) is 6.39. The molecule has 3 aromatic rings. The second kappa shape index (κ2) is 7.60. The lowest BCUT2D eigenvalue weighted by atomic mass is 9.96. The van der Waals surface area contributed by atoms with E-state index in [2.05, 4.69) is 4.98 Å². The van der Waals surface area contributed by atoms with E-state index < -0.39 is 6.10 Å². The van der Waals surface area contributed by atoms with Crippen LogP contribution in [0.15, 0.2) is 67.0 Å². The summed E-state index contributed by atoms with van der Waals surface area (Å²) in [5.74, 6) is 1.20. The zero-order valence-corrected chi connectivity index (χ0v) is 14.7. The molecule has 1 aliphatic rings. The number of Topliss-reactive ketones (excluding diaryl/α,β-unsaturated/α-hetero) is 1. The van der Waals surface area contributed by atoms with Crippen molar-refractivity contribution in [3.05, 3.63) is 78.1 Å². The van der Waals surface area contributed by atoms with Crippen LogP contribution < -0.4 is 9.47 Å². The molecule has 1 aromatic heterocycles. The molecule has 5 heteroatoms. The van der Waals surface area contributed by atoms with Gasteiger partial charge in [-0.25, -0.2) is 0 Å². The van der Waals surface area contributed by atoms with E-state index in [1.807, 2.05) is 48.5 Å². The number of ether oxygens (including phenoxy) is 2. The van der Waals surface area contributed by atoms with Crippen LogP contribution in [0, 0.1) is 0 Å². The normalized spacial score (nSPS) is 15.4. The van der Waals surface area contributed by atoms with Gasteiger partial charge in [-0.1, -0.05) is 30.3 Å². The highest BCUT2D eigenvalue weighted by Crippen LogP contribution is 2.31. The van der Waals surface area contributed by atoms with Gasteiger partial charge in [0, 0.05) is 18.8 Å². The molecule has 0 bridgehead atoms. The van der Waals surface area contributed by atoms with Crippen molar-refractivity contribution in [3.63, 3.8) is 0 Å². The largest absolute Gasteiger partial charge is 0.485 e. The Morgan fingerprint density at radius 1 is 1.07 bits per heavy atom. The predicted octanol–water partition coefficient (Wildman–Crippen LogP) is 3.19. The number of nitrogens with zero attached hydrogens (tertiary/aromatic N) is 1. The van der Waals surface area contributed by atoms with E-state index in [0.29, 0.717) is 11.5 Å². The van der Waals surface area contributed by atoms with Crippen molar-refractivity contribution in [2.45, 2.75) is 19.1 Å². The summed E-state index contributed by atoms with van der Waals surface area (Å²) in [6.45, 7) is 0.105. The molecule has 1 atom stereocenters. The van der Waals surface area contributed by atoms with E-state index >= 15 is 0 Å². The van der Waals surface area contributed by atoms with Crippen LogP contribution in [0.2, 0.25) is 0 Å². The summed E-state index contributed by atoms with van der Waals surface area (Å²) in [7, 11) is 0. The number of benzene rings is 2. The highest BCUT2D eigenvalue weighted by Gasteiger charge is 2.27. The fraction of sp³-hybridized carbons (Fsp3) is 0.182. The Bertz CT molecular complexity index is 956. The van der Waals surface area contributed by atoms with Crippen LogP contribution in [0.3, 0.4) is 0 Å². The summed E-state index contributed by atoms with van der Waals surface area (Å²) in [5.41, 5.74) is 3.52. The summed E-state index contributed by atoms with van der Waals surface area (Å²) in [6, 6.07) is 16.8. The van der Waals surface area contributed by atoms with Crippen molar-refractivity contribution >= 4 is 5.78 Å². The Morgan fingerprint density at radius 2 is 1.85 bits per heavy atom. The first-order valence-electron chi connectivity index (χ1n) is 8.79. The van der Waals surface area contributed by atoms with Crippen LogP contribution in [0.4, 0.5) is 0 Å². The number of aromatic nitrogens is 1. The van der Waals surface area contributed by atoms with E-state index in [-0.39, 0.29) is 25.4 Å². The minimum atomic E-state index is -0.627. The maximum Gasteiger partial charge on any atom is 0.191 e. The lowest BCUT2D eigenvalue weighted by Crippen LogP contribution is -2.37. The molecule has 4 rings (SSSR count). The zero-order chi connectivity index (χ0) is 18.6. The van der Waals surface area contributed by atoms with Crippen LogP contribution in [0.5, 0.6) is 11.5 Å². The Hall–Kier alpha value is -3.18. The minimum Gasteiger partial charge on any atom is -0.485 e. The van der Waals surface area contributed by atoms with Crippen LogP contribution in [-0.2, 0) is 17.8 Å². The standard InChI is InChI=1S/C22H19NO4/c24-13-17-11-15(5-6-18(17)16-7-9-23-10-8-16)12-19(25)22-14-26-20-3-1-2-4-21(20)27-22/h1-11,22,24H,12-14H2. The summed E-state index contributed by atoms with van der Waals surface area (Å²) < 4.78 is 11.4. The predicted molar refractivity (Wildman–Crippen MR) is 101 cm³/mol. The fourth-order valence-electron chi connectivity index (χ4n) is 3.19. The first kappa shape index (κ1) is 17.2. The molecule has 1 N–H and O–H groups in total. The molecule has 0 spiro atoms. The minimum absolute atomic E-state index is 0.0509. The Labute approximate surface area is 157 Å². The summed E-state index contributed by atoms with van der Waals surface area (Å²) in [6.07, 6.45) is 3.02. The van der Waals surface area contributed by atoms with Crippen molar-refractivity contribution in [3.8, 4) is 22.6 Å². The molecule has 2 heterocycles. The first-order chi connectivity index (χ1) is 13.2. The quantitative estimate of drug-likeness (QED) is 0.756. The number of rotatable bonds is 5. The molecule has 0 saturated heterocycles. The van der Waals surface area contributed by atoms with Gasteiger partial charge in [0.1, 0.15) is 6.61 Å². The van der Waals surface area contributed by atoms with Gasteiger partial charge in [-0.15, -0.1) is 0 Å². The van der Waals surface area contributed by atoms with E-state index in [9.17, 15) is 9.90 Å². The van der Waals surface area contributed by atoms with E-state index in [0.717, 1.165) is 22.3 Å². The van der Waals surface area contributed by atoms with Crippen LogP contribution in [-0.4, -0.2) is 28.6 Å². The molecule has 5 nitrogen and oxygen atoms in total. The number of ketones is 1. The third-order valence-corrected chi connectivity index (χ3v) is 4.58. The molecule has 136 valence electrons. The molecule has 0 radical (unpaired) electrons. The molecule has 1 aliphatic heterocycles. The van der Waals surface area contributed by atoms with Crippen molar-refractivity contribution in [2.75, 3.05) is 6.61 Å². The lowest BCUT2D eigenvalue weighted by molar-refractivity contribution is -0.127. The average molecular weight is 361 g/mol. The lowest BCUT2D eigenvalue weighted by Gasteiger charge is -2.25. The maximum absolute atomic E-state index is 12.7. The number of aliphatic hydroxyl groups excluding tert-OH is 1. The fourth-order valence-corrected chi connectivity index (χ4v) is 3.19. The monoisotopic (exact) mass is 361 g/mol. The van der Waals surface area contributed by atoms with Gasteiger partial charge < -0.3 is 14.6 Å². The van der Waals surface area contributed by atoms with E-state index in [4.69, 9.17) is 9.47 Å². The van der Waals surface area contributed by atoms with E-state index in [1.54, 1.807) is 18.5 Å². The Morgan fingerprint density at radius 3 is 2.63 bits per heavy atom. The summed E-state index contributed by atoms with van der Waals surface area (Å²) >= 11 is 0. The molecular weight excluding hydrogens is 342 g/mol. The second-order valence-corrected chi connectivity index (χ2v) is 6.39. The number of fused-ring (bicyclic) bond motifs is 1. The zero-order valence-electron chi connectivity index (χ0n) is 14.7. The van der Waals surface area contributed by atoms with Gasteiger partial charge in [0.2, 0.25) is 0 Å². The SMILES string of the molecule is O=C(Cc1ccc(-c2ccncc2)c(CO)c1)C1COc2ccccc2O1. The number of para-hydroxylation sites is 2. The van der Waals surface area contributed by atoms with Gasteiger partial charge in [0.25, 0.3) is 0 Å². The molecule has 27 heavy (non-hydrogen) atoms. The molecular formula is C22H19NO4. The van der Waals surface area contributed by atoms with Gasteiger partial charge in [-0.2, -0.15) is 0 Å². The van der Waals surface area contributed by atoms with Gasteiger partial charge in [-0.3, -0.25) is 9.78 Å². The van der Waals surface area contributed by atoms with Crippen molar-refractivity contribution in [1.82, 2.24) is 4.98 Å². The van der Waals surface area contributed by atoms with Gasteiger partial charge in [0.05, 0.1) is 6.61 Å². The van der Waals surface area contributed by atoms with Gasteiger partial charge >= 0.3 is 0 Å². The van der Waals surface area contributed by atoms with Crippen molar-refractivity contribution in [1.29, 1.82) is 0 Å². The number of aliphatic hydroxyl groups is 1. The van der Waals surface area contributed by atoms with E-state index in [1.165, 1.54) is 0 Å². The number of carbonyl (C=O) groups excluding carboxylic acids is 1. The molecule has 2 aromatic carbocycles. The van der Waals surface area contributed by atoms with Crippen molar-refractivity contribution in [2.24, 2.45) is 0 Å². The number of hydrogen-bond acceptors (Lipinski definition) is 5. The smallest absolute Gasteiger partial charge is 0.191 e. The van der Waals surface area contributed by atoms with Crippen molar-refractivity contribution < 1.29 is 19.4 Å². The number of hydrogen-bond donors (Lipinski definition) is 1. The molecule has 0 aliphatic carbocycles. The van der Waals surface area contributed by atoms with Gasteiger partial charge in [-0.05, 0) is 46.5 Å². The van der Waals surface area contributed by atoms with Gasteiger partial charge in [0.15, 0.2) is 23.4 Å². The number of pyridine rings is 1. The molecule has 0 amide bonds. The number of carbonyl (C=O) groups is 1. The highest BCUT2D eigenvalue weighted by atomic mass is 16.6. The van der Waals surface area contributed by atoms with Crippen LogP contribution >= 0.6 is 0 Å². The third-order valence-electron chi connectivity index (χ3n) is 4.58. The average Bonchev–Trinajstić information content (AvgIpc) is 2.74. The van der Waals surface area contributed by atoms with Crippen LogP contribution in [0.1, 0.15) is 11.1 Å². The summed E-state index contributed by atoms with van der Waals surface area (Å²) in [5, 5.41) is 9.75. The topological polar surface area (TPSA) is 68.7 Å². The first-order valence-corrected chi connectivity index (χ1v) is 8.79. The molecule has 1 unspecified atom stereocenters. The Kier molecular flexibility index (Phi) is 4.85. The summed E-state index contributed by atoms with van der Waals surface area (Å²) in [4.78, 5) is 16.7. The molecule has 0 saturated carbocycles. The third kappa shape index (κ3) is 3.68. The van der Waals surface area contributed by atoms with Crippen LogP contribution in [0.25, 0.3) is 11.1 Å². The maximum atomic E-state index is 12.7. The Balaban J connectivity index is 1.50. The molecule has 0 fully saturated rings.